The highest BCUT2D eigenvalue weighted by Gasteiger charge is 2.31. The second-order valence-corrected chi connectivity index (χ2v) is 6.51. The second kappa shape index (κ2) is 7.70. The Labute approximate surface area is 149 Å². The van der Waals surface area contributed by atoms with Crippen LogP contribution in [0.15, 0.2) is 42.5 Å². The van der Waals surface area contributed by atoms with Crippen LogP contribution in [0.3, 0.4) is 0 Å². The molecule has 0 saturated carbocycles. The average Bonchev–Trinajstić information content (AvgIpc) is 3.06. The number of carbonyl (C=O) groups excluding carboxylic acids is 1. The van der Waals surface area contributed by atoms with E-state index < -0.39 is 0 Å². The summed E-state index contributed by atoms with van der Waals surface area (Å²) in [5.74, 6) is 0.775. The van der Waals surface area contributed by atoms with Crippen LogP contribution in [0.4, 0.5) is 0 Å². The topological polar surface area (TPSA) is 49.8 Å². The van der Waals surface area contributed by atoms with Gasteiger partial charge in [0.2, 0.25) is 0 Å². The van der Waals surface area contributed by atoms with Gasteiger partial charge in [-0.15, -0.1) is 0 Å². The maximum atomic E-state index is 13.3. The first-order valence-electron chi connectivity index (χ1n) is 8.80. The van der Waals surface area contributed by atoms with Gasteiger partial charge in [-0.3, -0.25) is 4.79 Å². The quantitative estimate of drug-likeness (QED) is 0.876. The summed E-state index contributed by atoms with van der Waals surface area (Å²) in [5, 5.41) is 9.27. The van der Waals surface area contributed by atoms with Gasteiger partial charge in [0.1, 0.15) is 5.75 Å². The summed E-state index contributed by atoms with van der Waals surface area (Å²) in [5.41, 5.74) is 4.16. The molecule has 0 fully saturated rings. The number of aliphatic hydroxyl groups is 1. The molecule has 1 aliphatic carbocycles. The van der Waals surface area contributed by atoms with Crippen LogP contribution in [0, 0.1) is 6.92 Å². The Hall–Kier alpha value is -2.33. The fourth-order valence-electron chi connectivity index (χ4n) is 3.66. The maximum absolute atomic E-state index is 13.3. The molecular formula is C21H25NO3. The predicted octanol–water partition coefficient (Wildman–Crippen LogP) is 3.52. The van der Waals surface area contributed by atoms with Crippen molar-refractivity contribution >= 4 is 5.91 Å². The van der Waals surface area contributed by atoms with Crippen molar-refractivity contribution in [1.29, 1.82) is 0 Å². The van der Waals surface area contributed by atoms with Crippen molar-refractivity contribution in [3.8, 4) is 5.75 Å². The number of aliphatic hydroxyl groups excluding tert-OH is 1. The first kappa shape index (κ1) is 17.5. The van der Waals surface area contributed by atoms with Gasteiger partial charge >= 0.3 is 0 Å². The smallest absolute Gasteiger partial charge is 0.254 e. The lowest BCUT2D eigenvalue weighted by Crippen LogP contribution is -2.35. The van der Waals surface area contributed by atoms with Crippen molar-refractivity contribution < 1.29 is 14.6 Å². The minimum atomic E-state index is 0.0234. The molecule has 0 heterocycles. The number of hydrogen-bond donors (Lipinski definition) is 1. The lowest BCUT2D eigenvalue weighted by molar-refractivity contribution is 0.0661. The van der Waals surface area contributed by atoms with Crippen molar-refractivity contribution in [3.63, 3.8) is 0 Å². The molecule has 0 bridgehead atoms. The van der Waals surface area contributed by atoms with E-state index in [0.29, 0.717) is 18.5 Å². The predicted molar refractivity (Wildman–Crippen MR) is 98.0 cm³/mol. The van der Waals surface area contributed by atoms with Crippen LogP contribution in [0.5, 0.6) is 5.75 Å². The zero-order valence-electron chi connectivity index (χ0n) is 14.9. The zero-order chi connectivity index (χ0) is 17.8. The number of aryl methyl sites for hydroxylation is 2. The minimum Gasteiger partial charge on any atom is -0.497 e. The van der Waals surface area contributed by atoms with E-state index in [-0.39, 0.29) is 18.6 Å². The van der Waals surface area contributed by atoms with Crippen LogP contribution in [0.1, 0.15) is 45.9 Å². The fraction of sp³-hybridized carbons (Fsp3) is 0.381. The molecule has 2 aromatic rings. The standard InChI is InChI=1S/C21H25NO3/c1-15-14-17(25-2)9-10-18(15)21(24)22(12-5-13-23)20-11-8-16-6-3-4-7-19(16)20/h3-4,6-7,9-10,14,20,23H,5,8,11-13H2,1-2H3. The Morgan fingerprint density at radius 2 is 2.08 bits per heavy atom. The molecule has 0 aromatic heterocycles. The van der Waals surface area contributed by atoms with Gasteiger partial charge in [0, 0.05) is 18.7 Å². The normalized spacial score (nSPS) is 15.7. The van der Waals surface area contributed by atoms with E-state index in [4.69, 9.17) is 4.74 Å². The van der Waals surface area contributed by atoms with Gasteiger partial charge in [-0.25, -0.2) is 0 Å². The summed E-state index contributed by atoms with van der Waals surface area (Å²) in [7, 11) is 1.62. The molecule has 0 saturated heterocycles. The second-order valence-electron chi connectivity index (χ2n) is 6.51. The van der Waals surface area contributed by atoms with E-state index in [1.54, 1.807) is 7.11 Å². The van der Waals surface area contributed by atoms with Crippen LogP contribution < -0.4 is 4.74 Å². The molecule has 0 aliphatic heterocycles. The first-order chi connectivity index (χ1) is 12.2. The number of carbonyl (C=O) groups is 1. The molecule has 4 heteroatoms. The van der Waals surface area contributed by atoms with Gasteiger partial charge in [-0.1, -0.05) is 24.3 Å². The monoisotopic (exact) mass is 339 g/mol. The number of ether oxygens (including phenoxy) is 1. The number of methoxy groups -OCH3 is 1. The van der Waals surface area contributed by atoms with Crippen LogP contribution >= 0.6 is 0 Å². The Kier molecular flexibility index (Phi) is 5.39. The molecule has 1 N–H and O–H groups in total. The molecule has 3 rings (SSSR count). The highest BCUT2D eigenvalue weighted by molar-refractivity contribution is 5.96. The van der Waals surface area contributed by atoms with Gasteiger partial charge in [0.15, 0.2) is 0 Å². The molecule has 1 amide bonds. The maximum Gasteiger partial charge on any atom is 0.254 e. The largest absolute Gasteiger partial charge is 0.497 e. The van der Waals surface area contributed by atoms with Crippen LogP contribution in [-0.2, 0) is 6.42 Å². The number of nitrogens with zero attached hydrogens (tertiary/aromatic N) is 1. The SMILES string of the molecule is COc1ccc(C(=O)N(CCCO)C2CCc3ccccc32)c(C)c1. The number of rotatable bonds is 6. The molecule has 1 aliphatic rings. The van der Waals surface area contributed by atoms with Gasteiger partial charge < -0.3 is 14.7 Å². The highest BCUT2D eigenvalue weighted by atomic mass is 16.5. The zero-order valence-corrected chi connectivity index (χ0v) is 14.9. The lowest BCUT2D eigenvalue weighted by Gasteiger charge is -2.30. The number of benzene rings is 2. The summed E-state index contributed by atoms with van der Waals surface area (Å²) in [6.45, 7) is 2.57. The summed E-state index contributed by atoms with van der Waals surface area (Å²) in [6.07, 6.45) is 2.51. The molecule has 0 radical (unpaired) electrons. The van der Waals surface area contributed by atoms with Gasteiger partial charge in [-0.05, 0) is 61.1 Å². The number of amides is 1. The molecule has 1 unspecified atom stereocenters. The Bertz CT molecular complexity index is 757. The third kappa shape index (κ3) is 3.54. The summed E-state index contributed by atoms with van der Waals surface area (Å²) in [6, 6.07) is 14.0. The van der Waals surface area contributed by atoms with E-state index in [0.717, 1.165) is 24.2 Å². The van der Waals surface area contributed by atoms with Crippen molar-refractivity contribution in [2.24, 2.45) is 0 Å². The van der Waals surface area contributed by atoms with Crippen LogP contribution in [-0.4, -0.2) is 36.2 Å². The average molecular weight is 339 g/mol. The fourth-order valence-corrected chi connectivity index (χ4v) is 3.66. The van der Waals surface area contributed by atoms with Crippen molar-refractivity contribution in [1.82, 2.24) is 4.90 Å². The molecule has 2 aromatic carbocycles. The summed E-state index contributed by atoms with van der Waals surface area (Å²) < 4.78 is 5.24. The first-order valence-corrected chi connectivity index (χ1v) is 8.80. The Morgan fingerprint density at radius 3 is 2.80 bits per heavy atom. The molecule has 132 valence electrons. The van der Waals surface area contributed by atoms with Crippen molar-refractivity contribution in [2.75, 3.05) is 20.3 Å². The molecule has 1 atom stereocenters. The lowest BCUT2D eigenvalue weighted by atomic mass is 10.0. The van der Waals surface area contributed by atoms with E-state index in [1.165, 1.54) is 11.1 Å². The van der Waals surface area contributed by atoms with Crippen LogP contribution in [0.25, 0.3) is 0 Å². The van der Waals surface area contributed by atoms with E-state index in [9.17, 15) is 9.90 Å². The number of fused-ring (bicyclic) bond motifs is 1. The van der Waals surface area contributed by atoms with Crippen LogP contribution in [0.2, 0.25) is 0 Å². The molecular weight excluding hydrogens is 314 g/mol. The minimum absolute atomic E-state index is 0.0234. The number of hydrogen-bond acceptors (Lipinski definition) is 3. The molecule has 0 spiro atoms. The van der Waals surface area contributed by atoms with Gasteiger partial charge in [0.25, 0.3) is 5.91 Å². The van der Waals surface area contributed by atoms with Crippen molar-refractivity contribution in [3.05, 3.63) is 64.7 Å². The molecule has 25 heavy (non-hydrogen) atoms. The summed E-state index contributed by atoms with van der Waals surface area (Å²) in [4.78, 5) is 15.2. The van der Waals surface area contributed by atoms with E-state index in [1.807, 2.05) is 36.1 Å². The van der Waals surface area contributed by atoms with E-state index >= 15 is 0 Å². The van der Waals surface area contributed by atoms with Crippen molar-refractivity contribution in [2.45, 2.75) is 32.2 Å². The Morgan fingerprint density at radius 1 is 1.28 bits per heavy atom. The Balaban J connectivity index is 1.92. The van der Waals surface area contributed by atoms with Gasteiger partial charge in [-0.2, -0.15) is 0 Å². The third-order valence-electron chi connectivity index (χ3n) is 4.96. The highest BCUT2D eigenvalue weighted by Crippen LogP contribution is 2.36. The van der Waals surface area contributed by atoms with Gasteiger partial charge in [0.05, 0.1) is 13.2 Å². The molecule has 4 nitrogen and oxygen atoms in total. The summed E-state index contributed by atoms with van der Waals surface area (Å²) >= 11 is 0. The van der Waals surface area contributed by atoms with E-state index in [2.05, 4.69) is 18.2 Å². The third-order valence-corrected chi connectivity index (χ3v) is 4.96.